The van der Waals surface area contributed by atoms with Crippen molar-refractivity contribution >= 4 is 5.84 Å². The summed E-state index contributed by atoms with van der Waals surface area (Å²) < 4.78 is 0. The summed E-state index contributed by atoms with van der Waals surface area (Å²) in [5.74, 6) is 0.163. The number of oxime groups is 1. The van der Waals surface area contributed by atoms with E-state index in [9.17, 15) is 0 Å². The molecule has 1 aromatic rings. The molecule has 3 N–H and O–H groups in total. The zero-order valence-corrected chi connectivity index (χ0v) is 12.3. The molecule has 0 aliphatic carbocycles. The zero-order valence-electron chi connectivity index (χ0n) is 12.3. The van der Waals surface area contributed by atoms with Crippen LogP contribution in [0.1, 0.15) is 25.0 Å². The van der Waals surface area contributed by atoms with Gasteiger partial charge in [-0.05, 0) is 25.1 Å². The lowest BCUT2D eigenvalue weighted by molar-refractivity contribution is 0.0834. The molecule has 0 saturated carbocycles. The number of hydrogen-bond acceptors (Lipinski definition) is 4. The predicted octanol–water partition coefficient (Wildman–Crippen LogP) is 1.31. The Labute approximate surface area is 120 Å². The molecular weight excluding hydrogens is 252 g/mol. The molecule has 0 bridgehead atoms. The van der Waals surface area contributed by atoms with Gasteiger partial charge in [-0.15, -0.1) is 0 Å². The fourth-order valence-electron chi connectivity index (χ4n) is 2.83. The highest BCUT2D eigenvalue weighted by Crippen LogP contribution is 2.14. The van der Waals surface area contributed by atoms with Crippen molar-refractivity contribution in [3.63, 3.8) is 0 Å². The second-order valence-corrected chi connectivity index (χ2v) is 5.40. The van der Waals surface area contributed by atoms with Gasteiger partial charge in [-0.3, -0.25) is 9.80 Å². The SMILES string of the molecule is CCN1CCN(Cc2cccc(C(N)=NO)c2)CC1C. The van der Waals surface area contributed by atoms with E-state index in [0.29, 0.717) is 6.04 Å². The zero-order chi connectivity index (χ0) is 14.5. The van der Waals surface area contributed by atoms with Gasteiger partial charge in [0.05, 0.1) is 0 Å². The smallest absolute Gasteiger partial charge is 0.170 e. The fraction of sp³-hybridized carbons (Fsp3) is 0.533. The Bertz CT molecular complexity index is 475. The van der Waals surface area contributed by atoms with E-state index in [1.807, 2.05) is 18.2 Å². The summed E-state index contributed by atoms with van der Waals surface area (Å²) in [6, 6.07) is 8.49. The second-order valence-electron chi connectivity index (χ2n) is 5.40. The highest BCUT2D eigenvalue weighted by Gasteiger charge is 2.22. The first-order chi connectivity index (χ1) is 9.63. The average molecular weight is 276 g/mol. The number of likely N-dealkylation sites (N-methyl/N-ethyl adjacent to an activating group) is 1. The lowest BCUT2D eigenvalue weighted by atomic mass is 10.1. The fourth-order valence-corrected chi connectivity index (χ4v) is 2.83. The second kappa shape index (κ2) is 6.72. The van der Waals surface area contributed by atoms with Gasteiger partial charge in [0.2, 0.25) is 0 Å². The van der Waals surface area contributed by atoms with E-state index in [1.165, 1.54) is 5.56 Å². The van der Waals surface area contributed by atoms with Crippen molar-refractivity contribution in [3.05, 3.63) is 35.4 Å². The molecule has 2 rings (SSSR count). The Morgan fingerprint density at radius 3 is 2.90 bits per heavy atom. The van der Waals surface area contributed by atoms with Crippen molar-refractivity contribution in [2.24, 2.45) is 10.9 Å². The molecule has 1 aliphatic rings. The van der Waals surface area contributed by atoms with Gasteiger partial charge in [0, 0.05) is 37.8 Å². The number of nitrogens with zero attached hydrogens (tertiary/aromatic N) is 3. The highest BCUT2D eigenvalue weighted by atomic mass is 16.4. The van der Waals surface area contributed by atoms with Gasteiger partial charge in [0.25, 0.3) is 0 Å². The molecule has 0 aromatic heterocycles. The van der Waals surface area contributed by atoms with Crippen LogP contribution < -0.4 is 5.73 Å². The van der Waals surface area contributed by atoms with Crippen LogP contribution in [0.15, 0.2) is 29.4 Å². The van der Waals surface area contributed by atoms with Crippen LogP contribution in [0.3, 0.4) is 0 Å². The predicted molar refractivity (Wildman–Crippen MR) is 80.9 cm³/mol. The summed E-state index contributed by atoms with van der Waals surface area (Å²) in [4.78, 5) is 4.96. The lowest BCUT2D eigenvalue weighted by Gasteiger charge is -2.39. The minimum absolute atomic E-state index is 0.163. The van der Waals surface area contributed by atoms with E-state index in [1.54, 1.807) is 0 Å². The van der Waals surface area contributed by atoms with Gasteiger partial charge >= 0.3 is 0 Å². The van der Waals surface area contributed by atoms with Gasteiger partial charge in [-0.2, -0.15) is 0 Å². The van der Waals surface area contributed by atoms with Crippen LogP contribution in [0.4, 0.5) is 0 Å². The van der Waals surface area contributed by atoms with Crippen molar-refractivity contribution in [2.75, 3.05) is 26.2 Å². The number of nitrogens with two attached hydrogens (primary N) is 1. The molecule has 1 aliphatic heterocycles. The Morgan fingerprint density at radius 2 is 2.25 bits per heavy atom. The molecule has 1 atom stereocenters. The third kappa shape index (κ3) is 3.49. The normalized spacial score (nSPS) is 22.1. The number of amidine groups is 1. The van der Waals surface area contributed by atoms with Crippen molar-refractivity contribution in [1.29, 1.82) is 0 Å². The summed E-state index contributed by atoms with van der Waals surface area (Å²) >= 11 is 0. The van der Waals surface area contributed by atoms with Crippen LogP contribution >= 0.6 is 0 Å². The van der Waals surface area contributed by atoms with E-state index >= 15 is 0 Å². The quantitative estimate of drug-likeness (QED) is 0.377. The third-order valence-electron chi connectivity index (χ3n) is 3.99. The van der Waals surface area contributed by atoms with Gasteiger partial charge in [0.15, 0.2) is 5.84 Å². The Balaban J connectivity index is 2.00. The van der Waals surface area contributed by atoms with Gasteiger partial charge in [0.1, 0.15) is 0 Å². The molecular formula is C15H24N4O. The molecule has 110 valence electrons. The number of rotatable bonds is 4. The van der Waals surface area contributed by atoms with E-state index in [2.05, 4.69) is 34.9 Å². The van der Waals surface area contributed by atoms with E-state index in [0.717, 1.165) is 38.3 Å². The number of hydrogen-bond donors (Lipinski definition) is 2. The molecule has 20 heavy (non-hydrogen) atoms. The standard InChI is InChI=1S/C15H24N4O/c1-3-19-8-7-18(10-12(19)2)11-13-5-4-6-14(9-13)15(16)17-20/h4-6,9,12,20H,3,7-8,10-11H2,1-2H3,(H2,16,17). The Kier molecular flexibility index (Phi) is 4.98. The first-order valence-corrected chi connectivity index (χ1v) is 7.17. The van der Waals surface area contributed by atoms with Gasteiger partial charge in [-0.1, -0.05) is 30.3 Å². The molecule has 1 saturated heterocycles. The summed E-state index contributed by atoms with van der Waals surface area (Å²) in [5.41, 5.74) is 7.60. The lowest BCUT2D eigenvalue weighted by Crippen LogP contribution is -2.51. The molecule has 0 spiro atoms. The molecule has 1 unspecified atom stereocenters. The van der Waals surface area contributed by atoms with Crippen LogP contribution in [-0.2, 0) is 6.54 Å². The molecule has 1 fully saturated rings. The van der Waals surface area contributed by atoms with E-state index in [-0.39, 0.29) is 5.84 Å². The monoisotopic (exact) mass is 276 g/mol. The molecule has 1 heterocycles. The van der Waals surface area contributed by atoms with Crippen molar-refractivity contribution < 1.29 is 5.21 Å². The topological polar surface area (TPSA) is 65.1 Å². The first kappa shape index (κ1) is 14.8. The minimum Gasteiger partial charge on any atom is -0.409 e. The maximum atomic E-state index is 8.74. The summed E-state index contributed by atoms with van der Waals surface area (Å²) in [6.07, 6.45) is 0. The van der Waals surface area contributed by atoms with Crippen molar-refractivity contribution in [1.82, 2.24) is 9.80 Å². The summed E-state index contributed by atoms with van der Waals surface area (Å²) in [7, 11) is 0. The summed E-state index contributed by atoms with van der Waals surface area (Å²) in [6.45, 7) is 9.82. The highest BCUT2D eigenvalue weighted by molar-refractivity contribution is 5.97. The maximum Gasteiger partial charge on any atom is 0.170 e. The third-order valence-corrected chi connectivity index (χ3v) is 3.99. The van der Waals surface area contributed by atoms with Crippen molar-refractivity contribution in [3.8, 4) is 0 Å². The summed E-state index contributed by atoms with van der Waals surface area (Å²) in [5, 5.41) is 11.8. The van der Waals surface area contributed by atoms with Crippen molar-refractivity contribution in [2.45, 2.75) is 26.4 Å². The maximum absolute atomic E-state index is 8.74. The number of benzene rings is 1. The van der Waals surface area contributed by atoms with E-state index < -0.39 is 0 Å². The van der Waals surface area contributed by atoms with E-state index in [4.69, 9.17) is 10.9 Å². The van der Waals surface area contributed by atoms with Crippen LogP contribution in [-0.4, -0.2) is 53.1 Å². The number of piperazine rings is 1. The van der Waals surface area contributed by atoms with Crippen LogP contribution in [0.25, 0.3) is 0 Å². The van der Waals surface area contributed by atoms with Gasteiger partial charge < -0.3 is 10.9 Å². The molecule has 0 amide bonds. The Morgan fingerprint density at radius 1 is 1.45 bits per heavy atom. The van der Waals surface area contributed by atoms with Crippen LogP contribution in [0.5, 0.6) is 0 Å². The largest absolute Gasteiger partial charge is 0.409 e. The first-order valence-electron chi connectivity index (χ1n) is 7.17. The minimum atomic E-state index is 0.163. The average Bonchev–Trinajstić information content (AvgIpc) is 2.47. The Hall–Kier alpha value is -1.59. The molecule has 5 nitrogen and oxygen atoms in total. The molecule has 1 aromatic carbocycles. The van der Waals surface area contributed by atoms with Crippen LogP contribution in [0.2, 0.25) is 0 Å². The van der Waals surface area contributed by atoms with Gasteiger partial charge in [-0.25, -0.2) is 0 Å². The van der Waals surface area contributed by atoms with Crippen LogP contribution in [0, 0.1) is 0 Å². The molecule has 0 radical (unpaired) electrons. The molecule has 5 heteroatoms.